The van der Waals surface area contributed by atoms with Crippen molar-refractivity contribution < 1.29 is 4.79 Å². The Kier molecular flexibility index (Phi) is 4.39. The normalized spacial score (nSPS) is 25.6. The van der Waals surface area contributed by atoms with Crippen LogP contribution in [0.5, 0.6) is 0 Å². The molecule has 0 aliphatic carbocycles. The summed E-state index contributed by atoms with van der Waals surface area (Å²) in [5.74, 6) is 0.496. The van der Waals surface area contributed by atoms with E-state index in [1.807, 2.05) is 0 Å². The van der Waals surface area contributed by atoms with Crippen LogP contribution in [-0.4, -0.2) is 31.2 Å². The zero-order chi connectivity index (χ0) is 11.3. The molecule has 1 heterocycles. The van der Waals surface area contributed by atoms with E-state index in [-0.39, 0.29) is 11.6 Å². The first-order chi connectivity index (χ1) is 7.02. The average Bonchev–Trinajstić information content (AvgIpc) is 2.60. The quantitative estimate of drug-likeness (QED) is 0.654. The number of carbonyl (C=O) groups is 1. The summed E-state index contributed by atoms with van der Waals surface area (Å²) in [5.41, 5.74) is 0.0924. The van der Waals surface area contributed by atoms with Crippen LogP contribution in [0.15, 0.2) is 0 Å². The first kappa shape index (κ1) is 12.3. The minimum Gasteiger partial charge on any atom is -0.338 e. The van der Waals surface area contributed by atoms with E-state index in [0.717, 1.165) is 19.5 Å². The Hall–Kier alpha value is -0.770. The Balaban J connectivity index is 2.16. The third-order valence-electron chi connectivity index (χ3n) is 2.77. The van der Waals surface area contributed by atoms with Crippen molar-refractivity contribution in [2.45, 2.75) is 39.2 Å². The van der Waals surface area contributed by atoms with Crippen LogP contribution in [0.4, 0.5) is 4.79 Å². The van der Waals surface area contributed by atoms with Gasteiger partial charge < -0.3 is 16.0 Å². The lowest BCUT2D eigenvalue weighted by Gasteiger charge is -2.24. The van der Waals surface area contributed by atoms with Crippen molar-refractivity contribution in [3.05, 3.63) is 0 Å². The molecule has 0 spiro atoms. The zero-order valence-electron chi connectivity index (χ0n) is 10.0. The fourth-order valence-corrected chi connectivity index (χ4v) is 1.74. The van der Waals surface area contributed by atoms with Crippen LogP contribution in [0.25, 0.3) is 0 Å². The second-order valence-corrected chi connectivity index (χ2v) is 5.05. The van der Waals surface area contributed by atoms with Crippen molar-refractivity contribution in [2.75, 3.05) is 19.6 Å². The number of nitrogens with one attached hydrogen (secondary N) is 3. The van der Waals surface area contributed by atoms with Gasteiger partial charge in [0.25, 0.3) is 0 Å². The Bertz CT molecular complexity index is 210. The summed E-state index contributed by atoms with van der Waals surface area (Å²) in [5, 5.41) is 9.16. The van der Waals surface area contributed by atoms with E-state index in [9.17, 15) is 4.79 Å². The van der Waals surface area contributed by atoms with Crippen LogP contribution in [0.1, 0.15) is 33.6 Å². The van der Waals surface area contributed by atoms with Crippen LogP contribution < -0.4 is 16.0 Å². The molecule has 0 aromatic heterocycles. The summed E-state index contributed by atoms with van der Waals surface area (Å²) in [6, 6.07) is -0.0568. The maximum atomic E-state index is 11.4. The molecule has 0 bridgehead atoms. The van der Waals surface area contributed by atoms with E-state index in [1.54, 1.807) is 0 Å². The van der Waals surface area contributed by atoms with Gasteiger partial charge in [0.05, 0.1) is 0 Å². The highest BCUT2D eigenvalue weighted by Crippen LogP contribution is 2.16. The Labute approximate surface area is 92.2 Å². The van der Waals surface area contributed by atoms with Crippen LogP contribution >= 0.6 is 0 Å². The first-order valence-electron chi connectivity index (χ1n) is 5.78. The molecule has 1 rings (SSSR count). The second-order valence-electron chi connectivity index (χ2n) is 5.05. The molecule has 1 unspecified atom stereocenters. The lowest BCUT2D eigenvalue weighted by Crippen LogP contribution is -2.50. The van der Waals surface area contributed by atoms with E-state index in [1.165, 1.54) is 6.42 Å². The molecule has 4 nitrogen and oxygen atoms in total. The zero-order valence-corrected chi connectivity index (χ0v) is 10.0. The Morgan fingerprint density at radius 1 is 1.47 bits per heavy atom. The minimum absolute atomic E-state index is 0.0568. The highest BCUT2D eigenvalue weighted by molar-refractivity contribution is 5.73. The first-order valence-corrected chi connectivity index (χ1v) is 5.78. The maximum Gasteiger partial charge on any atom is 0.314 e. The van der Waals surface area contributed by atoms with Crippen molar-refractivity contribution in [3.63, 3.8) is 0 Å². The number of hydrogen-bond donors (Lipinski definition) is 3. The van der Waals surface area contributed by atoms with E-state index in [2.05, 4.69) is 36.7 Å². The van der Waals surface area contributed by atoms with Crippen molar-refractivity contribution in [1.29, 1.82) is 0 Å². The highest BCUT2D eigenvalue weighted by Gasteiger charge is 2.27. The summed E-state index contributed by atoms with van der Waals surface area (Å²) in [4.78, 5) is 11.4. The molecular formula is C11H23N3O. The molecule has 1 atom stereocenters. The van der Waals surface area contributed by atoms with Crippen molar-refractivity contribution in [1.82, 2.24) is 16.0 Å². The van der Waals surface area contributed by atoms with Crippen LogP contribution in [0.2, 0.25) is 0 Å². The standard InChI is InChI=1S/C11H23N3O/c1-9(2)7-12-10(15)13-8-11(3)5-4-6-14-11/h9,14H,4-8H2,1-3H3,(H2,12,13,15). The lowest BCUT2D eigenvalue weighted by atomic mass is 10.0. The van der Waals surface area contributed by atoms with Gasteiger partial charge in [0.1, 0.15) is 0 Å². The molecule has 88 valence electrons. The molecule has 0 aromatic carbocycles. The summed E-state index contributed by atoms with van der Waals surface area (Å²) >= 11 is 0. The van der Waals surface area contributed by atoms with Gasteiger partial charge in [-0.15, -0.1) is 0 Å². The third kappa shape index (κ3) is 4.51. The molecule has 3 N–H and O–H groups in total. The van der Waals surface area contributed by atoms with Gasteiger partial charge in [0, 0.05) is 18.6 Å². The molecule has 2 amide bonds. The fourth-order valence-electron chi connectivity index (χ4n) is 1.74. The Morgan fingerprint density at radius 3 is 2.73 bits per heavy atom. The number of amides is 2. The van der Waals surface area contributed by atoms with Gasteiger partial charge in [-0.25, -0.2) is 4.79 Å². The SMILES string of the molecule is CC(C)CNC(=O)NCC1(C)CCCN1. The van der Waals surface area contributed by atoms with Gasteiger partial charge in [0.15, 0.2) is 0 Å². The summed E-state index contributed by atoms with van der Waals surface area (Å²) < 4.78 is 0. The van der Waals surface area contributed by atoms with Crippen molar-refractivity contribution in [2.24, 2.45) is 5.92 Å². The Morgan fingerprint density at radius 2 is 2.20 bits per heavy atom. The molecule has 0 saturated carbocycles. The van der Waals surface area contributed by atoms with Crippen LogP contribution in [0.3, 0.4) is 0 Å². The lowest BCUT2D eigenvalue weighted by molar-refractivity contribution is 0.235. The van der Waals surface area contributed by atoms with Gasteiger partial charge in [-0.05, 0) is 32.2 Å². The highest BCUT2D eigenvalue weighted by atomic mass is 16.2. The van der Waals surface area contributed by atoms with Gasteiger partial charge in [-0.1, -0.05) is 13.8 Å². The monoisotopic (exact) mass is 213 g/mol. The van der Waals surface area contributed by atoms with Gasteiger partial charge >= 0.3 is 6.03 Å². The van der Waals surface area contributed by atoms with Crippen molar-refractivity contribution >= 4 is 6.03 Å². The van der Waals surface area contributed by atoms with E-state index >= 15 is 0 Å². The van der Waals surface area contributed by atoms with E-state index in [0.29, 0.717) is 12.5 Å². The molecule has 0 radical (unpaired) electrons. The average molecular weight is 213 g/mol. The summed E-state index contributed by atoms with van der Waals surface area (Å²) in [6.45, 7) is 8.82. The minimum atomic E-state index is -0.0568. The fraction of sp³-hybridized carbons (Fsp3) is 0.909. The second kappa shape index (κ2) is 5.35. The number of hydrogen-bond acceptors (Lipinski definition) is 2. The molecule has 15 heavy (non-hydrogen) atoms. The molecule has 4 heteroatoms. The smallest absolute Gasteiger partial charge is 0.314 e. The molecular weight excluding hydrogens is 190 g/mol. The predicted molar refractivity (Wildman–Crippen MR) is 61.9 cm³/mol. The molecule has 0 aromatic rings. The molecule has 1 fully saturated rings. The van der Waals surface area contributed by atoms with Crippen molar-refractivity contribution in [3.8, 4) is 0 Å². The number of urea groups is 1. The van der Waals surface area contributed by atoms with E-state index in [4.69, 9.17) is 0 Å². The summed E-state index contributed by atoms with van der Waals surface area (Å²) in [6.07, 6.45) is 2.34. The number of rotatable bonds is 4. The predicted octanol–water partition coefficient (Wildman–Crippen LogP) is 1.08. The summed E-state index contributed by atoms with van der Waals surface area (Å²) in [7, 11) is 0. The number of carbonyl (C=O) groups excluding carboxylic acids is 1. The van der Waals surface area contributed by atoms with Crippen LogP contribution in [0, 0.1) is 5.92 Å². The van der Waals surface area contributed by atoms with Gasteiger partial charge in [-0.3, -0.25) is 0 Å². The maximum absolute atomic E-state index is 11.4. The molecule has 1 aliphatic heterocycles. The molecule has 1 saturated heterocycles. The van der Waals surface area contributed by atoms with Crippen LogP contribution in [-0.2, 0) is 0 Å². The van der Waals surface area contributed by atoms with E-state index < -0.39 is 0 Å². The van der Waals surface area contributed by atoms with Gasteiger partial charge in [0.2, 0.25) is 0 Å². The van der Waals surface area contributed by atoms with Gasteiger partial charge in [-0.2, -0.15) is 0 Å². The molecule has 1 aliphatic rings. The third-order valence-corrected chi connectivity index (χ3v) is 2.77. The topological polar surface area (TPSA) is 53.2 Å². The largest absolute Gasteiger partial charge is 0.338 e.